The van der Waals surface area contributed by atoms with E-state index in [1.807, 2.05) is 30.5 Å². The topological polar surface area (TPSA) is 83.7 Å². The number of nitrogens with one attached hydrogen (secondary N) is 2. The number of hydrogen-bond donors (Lipinski definition) is 2. The predicted molar refractivity (Wildman–Crippen MR) is 85.2 cm³/mol. The van der Waals surface area contributed by atoms with Crippen molar-refractivity contribution >= 4 is 29.0 Å². The Hall–Kier alpha value is -2.92. The van der Waals surface area contributed by atoms with Crippen LogP contribution in [0.5, 0.6) is 0 Å². The molecule has 2 N–H and O–H groups in total. The van der Waals surface area contributed by atoms with Crippen LogP contribution in [0, 0.1) is 6.57 Å². The van der Waals surface area contributed by atoms with Gasteiger partial charge in [0.05, 0.1) is 6.57 Å². The Morgan fingerprint density at radius 2 is 2.14 bits per heavy atom. The highest BCUT2D eigenvalue weighted by molar-refractivity contribution is 7.98. The summed E-state index contributed by atoms with van der Waals surface area (Å²) in [6.07, 6.45) is 4.86. The van der Waals surface area contributed by atoms with Crippen LogP contribution in [-0.2, 0) is 0 Å². The Morgan fingerprint density at radius 1 is 1.27 bits per heavy atom. The van der Waals surface area contributed by atoms with E-state index in [-0.39, 0.29) is 0 Å². The normalized spacial score (nSPS) is 10.2. The first-order valence-corrected chi connectivity index (χ1v) is 7.54. The molecule has 2 aromatic heterocycles. The monoisotopic (exact) mass is 309 g/mol. The van der Waals surface area contributed by atoms with Crippen LogP contribution in [0.15, 0.2) is 41.9 Å². The largest absolute Gasteiger partial charge is 0.348 e. The molecule has 0 saturated carbocycles. The molecule has 7 nitrogen and oxygen atoms in total. The van der Waals surface area contributed by atoms with Gasteiger partial charge in [0.2, 0.25) is 5.69 Å². The van der Waals surface area contributed by atoms with E-state index in [1.165, 1.54) is 24.3 Å². The van der Waals surface area contributed by atoms with Gasteiger partial charge in [-0.25, -0.2) is 19.8 Å². The molecular weight excluding hydrogens is 298 g/mol. The third-order valence-corrected chi connectivity index (χ3v) is 3.46. The average molecular weight is 309 g/mol. The summed E-state index contributed by atoms with van der Waals surface area (Å²) < 4.78 is 0. The second-order valence-corrected chi connectivity index (χ2v) is 4.98. The molecule has 2 heterocycles. The molecule has 1 aromatic carbocycles. The molecule has 8 heteroatoms. The quantitative estimate of drug-likeness (QED) is 0.437. The second-order valence-electron chi connectivity index (χ2n) is 4.21. The van der Waals surface area contributed by atoms with E-state index in [4.69, 9.17) is 6.57 Å². The Morgan fingerprint density at radius 3 is 2.86 bits per heavy atom. The maximum Gasteiger partial charge on any atom is 0.246 e. The van der Waals surface area contributed by atoms with Gasteiger partial charge >= 0.3 is 0 Å². The van der Waals surface area contributed by atoms with Crippen molar-refractivity contribution in [1.29, 1.82) is 0 Å². The number of para-hydroxylation sites is 1. The maximum atomic E-state index is 7.24. The number of aromatic nitrogens is 5. The van der Waals surface area contributed by atoms with Gasteiger partial charge in [-0.3, -0.25) is 5.10 Å². The van der Waals surface area contributed by atoms with E-state index in [0.717, 1.165) is 11.3 Å². The first-order valence-electron chi connectivity index (χ1n) is 6.32. The summed E-state index contributed by atoms with van der Waals surface area (Å²) in [6, 6.07) is 7.62. The molecule has 0 aliphatic carbocycles. The fourth-order valence-corrected chi connectivity index (χ4v) is 2.23. The zero-order valence-corrected chi connectivity index (χ0v) is 12.4. The first kappa shape index (κ1) is 14.0. The van der Waals surface area contributed by atoms with Gasteiger partial charge in [0.15, 0.2) is 11.0 Å². The molecule has 0 amide bonds. The third-order valence-electron chi connectivity index (χ3n) is 2.90. The van der Waals surface area contributed by atoms with Crippen molar-refractivity contribution in [2.24, 2.45) is 0 Å². The summed E-state index contributed by atoms with van der Waals surface area (Å²) in [5, 5.41) is 10.5. The van der Waals surface area contributed by atoms with E-state index in [0.29, 0.717) is 22.5 Å². The number of rotatable bonds is 4. The van der Waals surface area contributed by atoms with Gasteiger partial charge in [0.1, 0.15) is 12.1 Å². The summed E-state index contributed by atoms with van der Waals surface area (Å²) in [5.74, 6) is 1.12. The third kappa shape index (κ3) is 2.75. The van der Waals surface area contributed by atoms with Crippen LogP contribution < -0.4 is 5.32 Å². The Kier molecular flexibility index (Phi) is 3.98. The van der Waals surface area contributed by atoms with Crippen LogP contribution in [0.3, 0.4) is 0 Å². The lowest BCUT2D eigenvalue weighted by atomic mass is 10.1. The number of hydrogen-bond acceptors (Lipinski definition) is 6. The van der Waals surface area contributed by atoms with Gasteiger partial charge in [-0.05, 0) is 18.4 Å². The van der Waals surface area contributed by atoms with Crippen molar-refractivity contribution in [2.75, 3.05) is 11.6 Å². The molecule has 0 aliphatic heterocycles. The van der Waals surface area contributed by atoms with Crippen molar-refractivity contribution in [3.8, 4) is 11.4 Å². The van der Waals surface area contributed by atoms with E-state index >= 15 is 0 Å². The van der Waals surface area contributed by atoms with Crippen molar-refractivity contribution in [1.82, 2.24) is 25.1 Å². The lowest BCUT2D eigenvalue weighted by molar-refractivity contribution is 0.981. The lowest BCUT2D eigenvalue weighted by Gasteiger charge is -2.11. The number of nitrogens with zero attached hydrogens (tertiary/aromatic N) is 5. The number of aromatic amines is 1. The fraction of sp³-hybridized carbons (Fsp3) is 0.0714. The van der Waals surface area contributed by atoms with Crippen LogP contribution in [0.1, 0.15) is 0 Å². The number of thioether (sulfide) groups is 1. The second kappa shape index (κ2) is 6.24. The molecule has 0 saturated heterocycles. The van der Waals surface area contributed by atoms with Gasteiger partial charge in [-0.2, -0.15) is 5.10 Å². The van der Waals surface area contributed by atoms with Crippen LogP contribution >= 0.6 is 11.8 Å². The summed E-state index contributed by atoms with van der Waals surface area (Å²) >= 11 is 1.42. The molecule has 0 bridgehead atoms. The molecule has 0 aliphatic rings. The SMILES string of the molecule is [C-]#[N+]c1cnc(SC)nc1Nc1ccccc1-c1ncn[nH]1. The van der Waals surface area contributed by atoms with Crippen LogP contribution in [-0.4, -0.2) is 31.4 Å². The fourth-order valence-electron chi connectivity index (χ4n) is 1.89. The number of anilines is 2. The zero-order chi connectivity index (χ0) is 15.4. The maximum absolute atomic E-state index is 7.24. The highest BCUT2D eigenvalue weighted by Crippen LogP contribution is 2.31. The zero-order valence-electron chi connectivity index (χ0n) is 11.6. The molecular formula is C14H11N7S. The molecule has 0 radical (unpaired) electrons. The predicted octanol–water partition coefficient (Wildman–Crippen LogP) is 3.28. The summed E-state index contributed by atoms with van der Waals surface area (Å²) in [5.41, 5.74) is 2.00. The molecule has 3 aromatic rings. The summed E-state index contributed by atoms with van der Waals surface area (Å²) in [4.78, 5) is 16.1. The smallest absolute Gasteiger partial charge is 0.246 e. The number of benzene rings is 1. The number of H-pyrrole nitrogens is 1. The Balaban J connectivity index is 2.03. The standard InChI is InChI=1S/C14H11N7S/c1-15-11-7-16-14(22-2)20-13(11)19-10-6-4-3-5-9(10)12-17-8-18-21-12/h3-8H,2H3,(H,16,19,20)(H,17,18,21). The highest BCUT2D eigenvalue weighted by Gasteiger charge is 2.11. The van der Waals surface area contributed by atoms with Crippen LogP contribution in [0.2, 0.25) is 0 Å². The minimum Gasteiger partial charge on any atom is -0.348 e. The molecule has 0 fully saturated rings. The molecule has 22 heavy (non-hydrogen) atoms. The highest BCUT2D eigenvalue weighted by atomic mass is 32.2. The minimum absolute atomic E-state index is 0.366. The van der Waals surface area contributed by atoms with E-state index in [2.05, 4.69) is 35.3 Å². The van der Waals surface area contributed by atoms with E-state index < -0.39 is 0 Å². The Bertz CT molecular complexity index is 823. The van der Waals surface area contributed by atoms with Gasteiger partial charge in [0.25, 0.3) is 0 Å². The van der Waals surface area contributed by atoms with Crippen molar-refractivity contribution < 1.29 is 0 Å². The molecule has 108 valence electrons. The van der Waals surface area contributed by atoms with Gasteiger partial charge in [-0.15, -0.1) is 0 Å². The van der Waals surface area contributed by atoms with Crippen molar-refractivity contribution in [3.05, 3.63) is 48.2 Å². The van der Waals surface area contributed by atoms with E-state index in [9.17, 15) is 0 Å². The van der Waals surface area contributed by atoms with Gasteiger partial charge in [-0.1, -0.05) is 23.9 Å². The summed E-state index contributed by atoms with van der Waals surface area (Å²) in [6.45, 7) is 7.24. The lowest BCUT2D eigenvalue weighted by Crippen LogP contribution is -1.98. The van der Waals surface area contributed by atoms with Gasteiger partial charge in [0, 0.05) is 17.4 Å². The minimum atomic E-state index is 0.366. The van der Waals surface area contributed by atoms with Gasteiger partial charge < -0.3 is 5.32 Å². The Labute approximate surface area is 131 Å². The average Bonchev–Trinajstić information content (AvgIpc) is 3.09. The van der Waals surface area contributed by atoms with E-state index in [1.54, 1.807) is 0 Å². The first-order chi connectivity index (χ1) is 10.8. The van der Waals surface area contributed by atoms with Crippen LogP contribution in [0.4, 0.5) is 17.2 Å². The van der Waals surface area contributed by atoms with Crippen LogP contribution in [0.25, 0.3) is 16.2 Å². The summed E-state index contributed by atoms with van der Waals surface area (Å²) in [7, 11) is 0. The molecule has 0 unspecified atom stereocenters. The molecule has 0 atom stereocenters. The van der Waals surface area contributed by atoms with Crippen molar-refractivity contribution in [2.45, 2.75) is 5.16 Å². The molecule has 0 spiro atoms. The molecule has 3 rings (SSSR count). The van der Waals surface area contributed by atoms with Crippen molar-refractivity contribution in [3.63, 3.8) is 0 Å².